The molecule has 0 aliphatic heterocycles. The van der Waals surface area contributed by atoms with Crippen molar-refractivity contribution in [3.8, 4) is 0 Å². The van der Waals surface area contributed by atoms with Gasteiger partial charge < -0.3 is 9.52 Å². The summed E-state index contributed by atoms with van der Waals surface area (Å²) in [6.45, 7) is 3.85. The molecule has 0 saturated carbocycles. The molecular formula is C12H19NO3. The Morgan fingerprint density at radius 1 is 1.50 bits per heavy atom. The van der Waals surface area contributed by atoms with Crippen LogP contribution in [0.1, 0.15) is 42.3 Å². The lowest BCUT2D eigenvalue weighted by molar-refractivity contribution is 0.0696. The Hall–Kier alpha value is -1.29. The summed E-state index contributed by atoms with van der Waals surface area (Å²) < 4.78 is 5.18. The molecule has 4 heteroatoms. The van der Waals surface area contributed by atoms with Crippen molar-refractivity contribution in [2.45, 2.75) is 32.7 Å². The van der Waals surface area contributed by atoms with Crippen LogP contribution in [0.5, 0.6) is 0 Å². The number of carboxylic acid groups (broad SMARTS) is 1. The fraction of sp³-hybridized carbons (Fsp3) is 0.583. The summed E-state index contributed by atoms with van der Waals surface area (Å²) >= 11 is 0. The Morgan fingerprint density at radius 2 is 2.25 bits per heavy atom. The zero-order chi connectivity index (χ0) is 12.0. The highest BCUT2D eigenvalue weighted by molar-refractivity contribution is 5.87. The highest BCUT2D eigenvalue weighted by Gasteiger charge is 2.09. The van der Waals surface area contributed by atoms with E-state index in [9.17, 15) is 4.79 Å². The van der Waals surface area contributed by atoms with E-state index in [1.54, 1.807) is 6.07 Å². The van der Waals surface area contributed by atoms with Crippen LogP contribution < -0.4 is 0 Å². The lowest BCUT2D eigenvalue weighted by Crippen LogP contribution is -2.18. The average molecular weight is 225 g/mol. The van der Waals surface area contributed by atoms with Gasteiger partial charge in [-0.25, -0.2) is 4.79 Å². The topological polar surface area (TPSA) is 53.7 Å². The van der Waals surface area contributed by atoms with Crippen LogP contribution in [0.4, 0.5) is 0 Å². The molecule has 1 heterocycles. The fourth-order valence-electron chi connectivity index (χ4n) is 1.55. The van der Waals surface area contributed by atoms with E-state index < -0.39 is 5.97 Å². The number of nitrogens with zero attached hydrogens (tertiary/aromatic N) is 1. The summed E-state index contributed by atoms with van der Waals surface area (Å²) in [6.07, 6.45) is 4.89. The van der Waals surface area contributed by atoms with Crippen molar-refractivity contribution in [3.05, 3.63) is 23.7 Å². The Labute approximate surface area is 95.9 Å². The van der Waals surface area contributed by atoms with E-state index in [1.165, 1.54) is 25.5 Å². The standard InChI is InChI=1S/C12H19NO3/c1-3-4-5-6-13(2)8-11-7-10(9-16-11)12(14)15/h7,9H,3-6,8H2,1-2H3,(H,14,15). The molecule has 1 aromatic rings. The van der Waals surface area contributed by atoms with E-state index in [2.05, 4.69) is 11.8 Å². The van der Waals surface area contributed by atoms with Gasteiger partial charge in [0.2, 0.25) is 0 Å². The van der Waals surface area contributed by atoms with Gasteiger partial charge in [-0.1, -0.05) is 19.8 Å². The molecule has 0 amide bonds. The van der Waals surface area contributed by atoms with Gasteiger partial charge >= 0.3 is 5.97 Å². The van der Waals surface area contributed by atoms with Crippen LogP contribution in [0.25, 0.3) is 0 Å². The van der Waals surface area contributed by atoms with Gasteiger partial charge in [-0.3, -0.25) is 4.90 Å². The predicted octanol–water partition coefficient (Wildman–Crippen LogP) is 2.60. The number of hydrogen-bond acceptors (Lipinski definition) is 3. The monoisotopic (exact) mass is 225 g/mol. The van der Waals surface area contributed by atoms with Crippen LogP contribution in [-0.4, -0.2) is 29.6 Å². The first-order valence-corrected chi connectivity index (χ1v) is 5.62. The maximum atomic E-state index is 10.6. The van der Waals surface area contributed by atoms with Crippen LogP contribution in [0.2, 0.25) is 0 Å². The van der Waals surface area contributed by atoms with E-state index in [4.69, 9.17) is 9.52 Å². The second-order valence-corrected chi connectivity index (χ2v) is 4.05. The molecule has 0 atom stereocenters. The smallest absolute Gasteiger partial charge is 0.338 e. The van der Waals surface area contributed by atoms with Gasteiger partial charge in [0.05, 0.1) is 12.1 Å². The van der Waals surface area contributed by atoms with Crippen molar-refractivity contribution in [2.75, 3.05) is 13.6 Å². The minimum absolute atomic E-state index is 0.219. The molecule has 0 aliphatic carbocycles. The molecule has 16 heavy (non-hydrogen) atoms. The number of furan rings is 1. The lowest BCUT2D eigenvalue weighted by atomic mass is 10.2. The van der Waals surface area contributed by atoms with Gasteiger partial charge in [-0.05, 0) is 26.1 Å². The molecule has 1 rings (SSSR count). The van der Waals surface area contributed by atoms with Crippen LogP contribution in [0.3, 0.4) is 0 Å². The third kappa shape index (κ3) is 4.06. The Balaban J connectivity index is 2.37. The summed E-state index contributed by atoms with van der Waals surface area (Å²) in [5.74, 6) is -0.236. The molecule has 1 N–H and O–H groups in total. The minimum atomic E-state index is -0.941. The number of carboxylic acids is 1. The SMILES string of the molecule is CCCCCN(C)Cc1cc(C(=O)O)co1. The van der Waals surface area contributed by atoms with E-state index in [0.717, 1.165) is 6.54 Å². The summed E-state index contributed by atoms with van der Waals surface area (Å²) in [6, 6.07) is 1.58. The van der Waals surface area contributed by atoms with Crippen molar-refractivity contribution in [3.63, 3.8) is 0 Å². The zero-order valence-corrected chi connectivity index (χ0v) is 9.90. The average Bonchev–Trinajstić information content (AvgIpc) is 2.66. The first kappa shape index (κ1) is 12.8. The second kappa shape index (κ2) is 6.33. The van der Waals surface area contributed by atoms with Gasteiger partial charge in [0.15, 0.2) is 0 Å². The van der Waals surface area contributed by atoms with Gasteiger partial charge in [0, 0.05) is 0 Å². The van der Waals surface area contributed by atoms with Crippen LogP contribution >= 0.6 is 0 Å². The Morgan fingerprint density at radius 3 is 2.81 bits per heavy atom. The molecule has 0 radical (unpaired) electrons. The van der Waals surface area contributed by atoms with Gasteiger partial charge in [0.1, 0.15) is 12.0 Å². The van der Waals surface area contributed by atoms with Gasteiger partial charge in [0.25, 0.3) is 0 Å². The number of carbonyl (C=O) groups is 1. The van der Waals surface area contributed by atoms with E-state index in [0.29, 0.717) is 12.3 Å². The summed E-state index contributed by atoms with van der Waals surface area (Å²) in [7, 11) is 2.01. The normalized spacial score (nSPS) is 10.9. The maximum absolute atomic E-state index is 10.6. The molecular weight excluding hydrogens is 206 g/mol. The van der Waals surface area contributed by atoms with E-state index >= 15 is 0 Å². The van der Waals surface area contributed by atoms with E-state index in [1.807, 2.05) is 7.05 Å². The predicted molar refractivity (Wildman–Crippen MR) is 61.5 cm³/mol. The highest BCUT2D eigenvalue weighted by atomic mass is 16.4. The maximum Gasteiger partial charge on any atom is 0.338 e. The van der Waals surface area contributed by atoms with Crippen molar-refractivity contribution in [1.82, 2.24) is 4.90 Å². The Bertz CT molecular complexity index is 333. The van der Waals surface area contributed by atoms with Crippen molar-refractivity contribution < 1.29 is 14.3 Å². The number of rotatable bonds is 7. The molecule has 0 bridgehead atoms. The van der Waals surface area contributed by atoms with Crippen molar-refractivity contribution >= 4 is 5.97 Å². The van der Waals surface area contributed by atoms with Crippen molar-refractivity contribution in [2.24, 2.45) is 0 Å². The number of hydrogen-bond donors (Lipinski definition) is 1. The summed E-state index contributed by atoms with van der Waals surface area (Å²) in [4.78, 5) is 12.8. The molecule has 1 aromatic heterocycles. The first-order valence-electron chi connectivity index (χ1n) is 5.62. The van der Waals surface area contributed by atoms with Gasteiger partial charge in [-0.15, -0.1) is 0 Å². The highest BCUT2D eigenvalue weighted by Crippen LogP contribution is 2.10. The lowest BCUT2D eigenvalue weighted by Gasteiger charge is -2.14. The summed E-state index contributed by atoms with van der Waals surface area (Å²) in [5, 5.41) is 8.73. The Kier molecular flexibility index (Phi) is 5.05. The molecule has 0 fully saturated rings. The largest absolute Gasteiger partial charge is 0.478 e. The molecule has 0 aromatic carbocycles. The zero-order valence-electron chi connectivity index (χ0n) is 9.90. The quantitative estimate of drug-likeness (QED) is 0.725. The molecule has 0 aliphatic rings. The molecule has 0 saturated heterocycles. The van der Waals surface area contributed by atoms with Crippen LogP contribution in [0.15, 0.2) is 16.7 Å². The third-order valence-corrected chi connectivity index (χ3v) is 2.47. The molecule has 4 nitrogen and oxygen atoms in total. The van der Waals surface area contributed by atoms with Crippen LogP contribution in [0, 0.1) is 0 Å². The molecule has 90 valence electrons. The first-order chi connectivity index (χ1) is 7.63. The second-order valence-electron chi connectivity index (χ2n) is 4.05. The minimum Gasteiger partial charge on any atom is -0.478 e. The number of unbranched alkanes of at least 4 members (excludes halogenated alkanes) is 2. The molecule has 0 unspecified atom stereocenters. The third-order valence-electron chi connectivity index (χ3n) is 2.47. The van der Waals surface area contributed by atoms with Crippen molar-refractivity contribution in [1.29, 1.82) is 0 Å². The molecule has 0 spiro atoms. The summed E-state index contributed by atoms with van der Waals surface area (Å²) in [5.41, 5.74) is 0.219. The number of aromatic carboxylic acids is 1. The van der Waals surface area contributed by atoms with Crippen LogP contribution in [-0.2, 0) is 6.54 Å². The van der Waals surface area contributed by atoms with Gasteiger partial charge in [-0.2, -0.15) is 0 Å². The fourth-order valence-corrected chi connectivity index (χ4v) is 1.55. The van der Waals surface area contributed by atoms with E-state index in [-0.39, 0.29) is 5.56 Å².